The largest absolute Gasteiger partial charge is 0.573 e. The van der Waals surface area contributed by atoms with Crippen molar-refractivity contribution < 1.29 is 31.1 Å². The quantitative estimate of drug-likeness (QED) is 0.177. The van der Waals surface area contributed by atoms with Crippen LogP contribution in [-0.2, 0) is 6.42 Å². The van der Waals surface area contributed by atoms with E-state index in [-0.39, 0.29) is 11.1 Å². The van der Waals surface area contributed by atoms with Crippen LogP contribution in [0.2, 0.25) is 0 Å². The van der Waals surface area contributed by atoms with E-state index in [1.165, 1.54) is 17.7 Å². The van der Waals surface area contributed by atoms with Gasteiger partial charge in [-0.05, 0) is 71.3 Å². The summed E-state index contributed by atoms with van der Waals surface area (Å²) >= 11 is 0. The molecule has 0 spiro atoms. The van der Waals surface area contributed by atoms with E-state index in [2.05, 4.69) is 35.1 Å². The molecular formula is C30H22F6O. The van der Waals surface area contributed by atoms with Gasteiger partial charge in [-0.25, -0.2) is 13.2 Å². The van der Waals surface area contributed by atoms with Gasteiger partial charge in [-0.3, -0.25) is 0 Å². The number of halogens is 6. The lowest BCUT2D eigenvalue weighted by atomic mass is 9.97. The second kappa shape index (κ2) is 10.9. The van der Waals surface area contributed by atoms with Crippen LogP contribution in [0.1, 0.15) is 18.9 Å². The number of benzene rings is 4. The van der Waals surface area contributed by atoms with Crippen LogP contribution in [0.5, 0.6) is 5.75 Å². The molecule has 1 nitrogen and oxygen atoms in total. The maximum absolute atomic E-state index is 14.9. The van der Waals surface area contributed by atoms with Crippen molar-refractivity contribution in [1.29, 1.82) is 0 Å². The fourth-order valence-electron chi connectivity index (χ4n) is 3.99. The Kier molecular flexibility index (Phi) is 7.71. The number of hydrogen-bond acceptors (Lipinski definition) is 1. The highest BCUT2D eigenvalue weighted by Gasteiger charge is 2.34. The van der Waals surface area contributed by atoms with Gasteiger partial charge in [0, 0.05) is 5.56 Å². The zero-order chi connectivity index (χ0) is 26.6. The number of allylic oxidation sites excluding steroid dienone is 2. The molecule has 0 fully saturated rings. The lowest BCUT2D eigenvalue weighted by Crippen LogP contribution is -2.19. The van der Waals surface area contributed by atoms with Crippen molar-refractivity contribution in [1.82, 2.24) is 0 Å². The molecule has 0 saturated carbocycles. The summed E-state index contributed by atoms with van der Waals surface area (Å²) in [6.07, 6.45) is 0.851. The van der Waals surface area contributed by atoms with Crippen LogP contribution < -0.4 is 4.74 Å². The fraction of sp³-hybridized carbons (Fsp3) is 0.133. The highest BCUT2D eigenvalue weighted by Crippen LogP contribution is 2.35. The predicted octanol–water partition coefficient (Wildman–Crippen LogP) is 9.51. The molecule has 0 heterocycles. The standard InChI is InChI=1S/C30H22F6O/c1-2-3-4-5-19-6-8-20(9-7-19)21-10-12-22(13-11-21)23-14-15-25(26(31)16-23)24-17-27(32)29(28(33)18-24)37-30(34,35)36/h2-3,6-18H,4-5H2,1H3/b3-2+. The molecule has 4 aromatic carbocycles. The van der Waals surface area contributed by atoms with Crippen molar-refractivity contribution in [2.24, 2.45) is 0 Å². The zero-order valence-corrected chi connectivity index (χ0v) is 19.8. The third-order valence-electron chi connectivity index (χ3n) is 5.84. The lowest BCUT2D eigenvalue weighted by Gasteiger charge is -2.13. The van der Waals surface area contributed by atoms with E-state index in [0.29, 0.717) is 17.7 Å². The van der Waals surface area contributed by atoms with Crippen molar-refractivity contribution in [2.45, 2.75) is 26.1 Å². The second-order valence-electron chi connectivity index (χ2n) is 8.39. The Labute approximate surface area is 210 Å². The first-order chi connectivity index (χ1) is 17.6. The lowest BCUT2D eigenvalue weighted by molar-refractivity contribution is -0.276. The van der Waals surface area contributed by atoms with Gasteiger partial charge >= 0.3 is 6.36 Å². The Morgan fingerprint density at radius 1 is 0.649 bits per heavy atom. The van der Waals surface area contributed by atoms with E-state index in [1.807, 2.05) is 37.3 Å². The Hall–Kier alpha value is -4.00. The minimum absolute atomic E-state index is 0.161. The molecule has 190 valence electrons. The molecule has 0 N–H and O–H groups in total. The molecule has 0 aliphatic carbocycles. The topological polar surface area (TPSA) is 9.23 Å². The first-order valence-corrected chi connectivity index (χ1v) is 11.5. The van der Waals surface area contributed by atoms with Crippen LogP contribution in [0.25, 0.3) is 33.4 Å². The smallest absolute Gasteiger partial charge is 0.399 e. The van der Waals surface area contributed by atoms with E-state index in [9.17, 15) is 26.3 Å². The van der Waals surface area contributed by atoms with Gasteiger partial charge in [0.05, 0.1) is 0 Å². The summed E-state index contributed by atoms with van der Waals surface area (Å²) in [5, 5.41) is 0. The summed E-state index contributed by atoms with van der Waals surface area (Å²) in [4.78, 5) is 0. The molecular weight excluding hydrogens is 490 g/mol. The molecule has 0 bridgehead atoms. The molecule has 0 aliphatic rings. The van der Waals surface area contributed by atoms with Gasteiger partial charge < -0.3 is 4.74 Å². The highest BCUT2D eigenvalue weighted by atomic mass is 19.4. The molecule has 0 saturated heterocycles. The van der Waals surface area contributed by atoms with Gasteiger partial charge in [-0.2, -0.15) is 0 Å². The summed E-state index contributed by atoms with van der Waals surface area (Å²) in [7, 11) is 0. The van der Waals surface area contributed by atoms with Crippen LogP contribution in [0.3, 0.4) is 0 Å². The summed E-state index contributed by atoms with van der Waals surface area (Å²) in [6, 6.07) is 21.1. The van der Waals surface area contributed by atoms with Crippen molar-refractivity contribution in [3.05, 3.63) is 114 Å². The van der Waals surface area contributed by atoms with Gasteiger partial charge in [0.2, 0.25) is 5.75 Å². The first kappa shape index (κ1) is 26.1. The van der Waals surface area contributed by atoms with Crippen LogP contribution in [-0.4, -0.2) is 6.36 Å². The summed E-state index contributed by atoms with van der Waals surface area (Å²) < 4.78 is 83.5. The molecule has 7 heteroatoms. The zero-order valence-electron chi connectivity index (χ0n) is 19.8. The van der Waals surface area contributed by atoms with Gasteiger partial charge in [0.15, 0.2) is 11.6 Å². The summed E-state index contributed by atoms with van der Waals surface area (Å²) in [6.45, 7) is 2.00. The molecule has 0 atom stereocenters. The first-order valence-electron chi connectivity index (χ1n) is 11.5. The van der Waals surface area contributed by atoms with Gasteiger partial charge in [-0.1, -0.05) is 72.8 Å². The Morgan fingerprint density at radius 2 is 1.14 bits per heavy atom. The number of alkyl halides is 3. The number of ether oxygens (including phenoxy) is 1. The monoisotopic (exact) mass is 512 g/mol. The van der Waals surface area contributed by atoms with E-state index in [0.717, 1.165) is 29.5 Å². The Morgan fingerprint density at radius 3 is 1.65 bits per heavy atom. The molecule has 4 aromatic rings. The predicted molar refractivity (Wildman–Crippen MR) is 132 cm³/mol. The fourth-order valence-corrected chi connectivity index (χ4v) is 3.99. The molecule has 0 amide bonds. The average molecular weight is 512 g/mol. The highest BCUT2D eigenvalue weighted by molar-refractivity contribution is 5.74. The Bertz CT molecular complexity index is 1380. The molecule has 0 aromatic heterocycles. The van der Waals surface area contributed by atoms with Gasteiger partial charge in [-0.15, -0.1) is 13.2 Å². The third kappa shape index (κ3) is 6.42. The average Bonchev–Trinajstić information content (AvgIpc) is 2.86. The van der Waals surface area contributed by atoms with E-state index in [4.69, 9.17) is 0 Å². The van der Waals surface area contributed by atoms with Crippen molar-refractivity contribution in [2.75, 3.05) is 0 Å². The van der Waals surface area contributed by atoms with Gasteiger partial charge in [0.1, 0.15) is 5.82 Å². The maximum atomic E-state index is 14.9. The number of aryl methyl sites for hydroxylation is 1. The minimum atomic E-state index is -5.26. The van der Waals surface area contributed by atoms with Crippen molar-refractivity contribution >= 4 is 0 Å². The molecule has 37 heavy (non-hydrogen) atoms. The SMILES string of the molecule is C/C=C/CCc1ccc(-c2ccc(-c3ccc(-c4cc(F)c(OC(F)(F)F)c(F)c4)c(F)c3)cc2)cc1. The summed E-state index contributed by atoms with van der Waals surface area (Å²) in [5.74, 6) is -5.54. The van der Waals surface area contributed by atoms with Crippen LogP contribution >= 0.6 is 0 Å². The normalized spacial score (nSPS) is 11.8. The summed E-state index contributed by atoms with van der Waals surface area (Å²) in [5.41, 5.74) is 4.13. The second-order valence-corrected chi connectivity index (χ2v) is 8.39. The van der Waals surface area contributed by atoms with Crippen molar-refractivity contribution in [3.8, 4) is 39.1 Å². The maximum Gasteiger partial charge on any atom is 0.573 e. The molecule has 0 aliphatic heterocycles. The molecule has 0 unspecified atom stereocenters. The van der Waals surface area contributed by atoms with Crippen LogP contribution in [0.4, 0.5) is 26.3 Å². The van der Waals surface area contributed by atoms with E-state index >= 15 is 0 Å². The molecule has 0 radical (unpaired) electrons. The molecule has 4 rings (SSSR count). The van der Waals surface area contributed by atoms with Gasteiger partial charge in [0.25, 0.3) is 0 Å². The Balaban J connectivity index is 1.53. The third-order valence-corrected chi connectivity index (χ3v) is 5.84. The minimum Gasteiger partial charge on any atom is -0.399 e. The van der Waals surface area contributed by atoms with E-state index < -0.39 is 29.6 Å². The number of hydrogen-bond donors (Lipinski definition) is 0. The van der Waals surface area contributed by atoms with E-state index in [1.54, 1.807) is 6.07 Å². The van der Waals surface area contributed by atoms with Crippen LogP contribution in [0, 0.1) is 17.5 Å². The number of rotatable bonds is 7. The van der Waals surface area contributed by atoms with Crippen molar-refractivity contribution in [3.63, 3.8) is 0 Å². The van der Waals surface area contributed by atoms with Crippen LogP contribution in [0.15, 0.2) is 91.0 Å².